The van der Waals surface area contributed by atoms with Crippen LogP contribution in [0, 0.1) is 0 Å². The summed E-state index contributed by atoms with van der Waals surface area (Å²) in [6, 6.07) is 6.84. The lowest BCUT2D eigenvalue weighted by Gasteiger charge is -2.21. The van der Waals surface area contributed by atoms with Crippen molar-refractivity contribution in [3.05, 3.63) is 57.3 Å². The largest absolute Gasteiger partial charge is 0.493 e. The van der Waals surface area contributed by atoms with Crippen LogP contribution in [0.2, 0.25) is 0 Å². The van der Waals surface area contributed by atoms with Crippen LogP contribution in [0.1, 0.15) is 81.2 Å². The zero-order valence-corrected chi connectivity index (χ0v) is 19.8. The minimum Gasteiger partial charge on any atom is -0.493 e. The first kappa shape index (κ1) is 23.3. The molecule has 2 aromatic rings. The summed E-state index contributed by atoms with van der Waals surface area (Å²) in [5.41, 5.74) is 5.80. The molecule has 3 nitrogen and oxygen atoms in total. The van der Waals surface area contributed by atoms with Gasteiger partial charge in [0.05, 0.1) is 6.61 Å². The van der Waals surface area contributed by atoms with Gasteiger partial charge in [-0.15, -0.1) is 11.3 Å². The number of carboxylic acids is 1. The predicted molar refractivity (Wildman–Crippen MR) is 131 cm³/mol. The summed E-state index contributed by atoms with van der Waals surface area (Å²) >= 11 is 1.68. The van der Waals surface area contributed by atoms with Crippen LogP contribution in [-0.4, -0.2) is 17.7 Å². The van der Waals surface area contributed by atoms with Crippen LogP contribution in [0.25, 0.3) is 17.2 Å². The number of aliphatic carboxylic acids is 1. The standard InChI is InChI=1S/C27H34O3S/c1-4-6-14-30-27-23(21-9-7-8-10-21)17-20(5-2)18-24(27)22-13-15-31-25(22)12-11-19(3)16-26(28)29/h11-13,15-18,21H,4-10,14H2,1-3H3,(H,28,29)/b12-11+,19-16+. The van der Waals surface area contributed by atoms with Crippen molar-refractivity contribution in [1.82, 2.24) is 0 Å². The number of hydrogen-bond acceptors (Lipinski definition) is 3. The van der Waals surface area contributed by atoms with Crippen molar-refractivity contribution in [1.29, 1.82) is 0 Å². The SMILES string of the molecule is CCCCOc1c(-c2ccsc2/C=C/C(C)=C/C(=O)O)cc(CC)cc1C1CCCC1. The maximum atomic E-state index is 10.9. The third-order valence-electron chi connectivity index (χ3n) is 5.96. The molecule has 0 radical (unpaired) electrons. The Morgan fingerprint density at radius 2 is 2.00 bits per heavy atom. The molecule has 1 aliphatic rings. The molecular formula is C27H34O3S. The molecule has 1 saturated carbocycles. The number of thiophene rings is 1. The van der Waals surface area contributed by atoms with Crippen LogP contribution >= 0.6 is 11.3 Å². The third-order valence-corrected chi connectivity index (χ3v) is 6.84. The zero-order valence-electron chi connectivity index (χ0n) is 18.9. The molecule has 1 aromatic heterocycles. The fourth-order valence-corrected chi connectivity index (χ4v) is 5.06. The van der Waals surface area contributed by atoms with E-state index in [0.29, 0.717) is 5.92 Å². The molecule has 4 heteroatoms. The predicted octanol–water partition coefficient (Wildman–Crippen LogP) is 7.86. The van der Waals surface area contributed by atoms with E-state index in [1.165, 1.54) is 54.0 Å². The molecule has 0 bridgehead atoms. The summed E-state index contributed by atoms with van der Waals surface area (Å²) in [5, 5.41) is 11.1. The van der Waals surface area contributed by atoms with Crippen molar-refractivity contribution in [3.63, 3.8) is 0 Å². The van der Waals surface area contributed by atoms with Crippen molar-refractivity contribution in [3.8, 4) is 16.9 Å². The van der Waals surface area contributed by atoms with E-state index in [4.69, 9.17) is 9.84 Å². The summed E-state index contributed by atoms with van der Waals surface area (Å²) < 4.78 is 6.47. The van der Waals surface area contributed by atoms with Crippen LogP contribution in [-0.2, 0) is 11.2 Å². The van der Waals surface area contributed by atoms with Crippen molar-refractivity contribution in [2.45, 2.75) is 71.6 Å². The average molecular weight is 439 g/mol. The van der Waals surface area contributed by atoms with Gasteiger partial charge < -0.3 is 9.84 Å². The van der Waals surface area contributed by atoms with Gasteiger partial charge in [-0.05, 0) is 78.8 Å². The Labute approximate surface area is 190 Å². The molecular weight excluding hydrogens is 404 g/mol. The maximum Gasteiger partial charge on any atom is 0.328 e. The number of carbonyl (C=O) groups is 1. The van der Waals surface area contributed by atoms with Gasteiger partial charge in [-0.3, -0.25) is 0 Å². The van der Waals surface area contributed by atoms with Gasteiger partial charge >= 0.3 is 5.97 Å². The van der Waals surface area contributed by atoms with Gasteiger partial charge in [0.25, 0.3) is 0 Å². The van der Waals surface area contributed by atoms with Crippen LogP contribution in [0.3, 0.4) is 0 Å². The Hall–Kier alpha value is -2.33. The van der Waals surface area contributed by atoms with Crippen LogP contribution in [0.4, 0.5) is 0 Å². The molecule has 0 aliphatic heterocycles. The molecule has 166 valence electrons. The maximum absolute atomic E-state index is 10.9. The minimum atomic E-state index is -0.919. The first-order valence-electron chi connectivity index (χ1n) is 11.5. The van der Waals surface area contributed by atoms with Crippen LogP contribution in [0.15, 0.2) is 41.3 Å². The fourth-order valence-electron chi connectivity index (χ4n) is 4.26. The van der Waals surface area contributed by atoms with Crippen molar-refractivity contribution >= 4 is 23.4 Å². The molecule has 1 heterocycles. The Balaban J connectivity index is 2.07. The van der Waals surface area contributed by atoms with E-state index >= 15 is 0 Å². The van der Waals surface area contributed by atoms with Gasteiger partial charge in [0.2, 0.25) is 0 Å². The summed E-state index contributed by atoms with van der Waals surface area (Å²) in [5.74, 6) is 0.723. The summed E-state index contributed by atoms with van der Waals surface area (Å²) in [4.78, 5) is 12.1. The van der Waals surface area contributed by atoms with Gasteiger partial charge in [0.1, 0.15) is 5.75 Å². The number of rotatable bonds is 10. The molecule has 0 atom stereocenters. The highest BCUT2D eigenvalue weighted by atomic mass is 32.1. The Morgan fingerprint density at radius 1 is 1.23 bits per heavy atom. The molecule has 1 fully saturated rings. The number of ether oxygens (including phenoxy) is 1. The number of carboxylic acid groups (broad SMARTS) is 1. The zero-order chi connectivity index (χ0) is 22.2. The number of hydrogen-bond donors (Lipinski definition) is 1. The van der Waals surface area contributed by atoms with Crippen molar-refractivity contribution in [2.24, 2.45) is 0 Å². The van der Waals surface area contributed by atoms with E-state index in [-0.39, 0.29) is 0 Å². The molecule has 31 heavy (non-hydrogen) atoms. The summed E-state index contributed by atoms with van der Waals surface area (Å²) in [6.45, 7) is 6.96. The highest BCUT2D eigenvalue weighted by molar-refractivity contribution is 7.11. The second-order valence-electron chi connectivity index (χ2n) is 8.36. The summed E-state index contributed by atoms with van der Waals surface area (Å²) in [6.07, 6.45) is 13.4. The van der Waals surface area contributed by atoms with Gasteiger partial charge in [-0.2, -0.15) is 0 Å². The lowest BCUT2D eigenvalue weighted by Crippen LogP contribution is -2.05. The topological polar surface area (TPSA) is 46.5 Å². The van der Waals surface area contributed by atoms with Gasteiger partial charge in [0, 0.05) is 22.1 Å². The second kappa shape index (κ2) is 11.3. The van der Waals surface area contributed by atoms with Crippen molar-refractivity contribution in [2.75, 3.05) is 6.61 Å². The number of unbranched alkanes of at least 4 members (excludes halogenated alkanes) is 1. The number of benzene rings is 1. The molecule has 1 aliphatic carbocycles. The molecule has 0 spiro atoms. The first-order chi connectivity index (χ1) is 15.0. The normalized spacial score (nSPS) is 15.1. The monoisotopic (exact) mass is 438 g/mol. The molecule has 0 amide bonds. The molecule has 3 rings (SSSR count). The fraction of sp³-hybridized carbons (Fsp3) is 0.444. The third kappa shape index (κ3) is 6.10. The highest BCUT2D eigenvalue weighted by Crippen LogP contribution is 2.45. The van der Waals surface area contributed by atoms with Crippen LogP contribution in [0.5, 0.6) is 5.75 Å². The van der Waals surface area contributed by atoms with E-state index in [0.717, 1.165) is 42.1 Å². The minimum absolute atomic E-state index is 0.584. The van der Waals surface area contributed by atoms with E-state index in [2.05, 4.69) is 37.4 Å². The smallest absolute Gasteiger partial charge is 0.328 e. The van der Waals surface area contributed by atoms with E-state index < -0.39 is 5.97 Å². The number of allylic oxidation sites excluding steroid dienone is 2. The molecule has 0 saturated heterocycles. The van der Waals surface area contributed by atoms with Crippen LogP contribution < -0.4 is 4.74 Å². The lowest BCUT2D eigenvalue weighted by molar-refractivity contribution is -0.131. The first-order valence-corrected chi connectivity index (χ1v) is 12.4. The highest BCUT2D eigenvalue weighted by Gasteiger charge is 2.24. The second-order valence-corrected chi connectivity index (χ2v) is 9.30. The number of aryl methyl sites for hydroxylation is 1. The molecule has 0 unspecified atom stereocenters. The summed E-state index contributed by atoms with van der Waals surface area (Å²) in [7, 11) is 0. The Bertz CT molecular complexity index is 945. The average Bonchev–Trinajstić information content (AvgIpc) is 3.44. The van der Waals surface area contributed by atoms with E-state index in [9.17, 15) is 4.79 Å². The molecule has 1 N–H and O–H groups in total. The van der Waals surface area contributed by atoms with Gasteiger partial charge in [-0.1, -0.05) is 45.3 Å². The van der Waals surface area contributed by atoms with Crippen molar-refractivity contribution < 1.29 is 14.6 Å². The Morgan fingerprint density at radius 3 is 2.68 bits per heavy atom. The quantitative estimate of drug-likeness (QED) is 0.233. The Kier molecular flexibility index (Phi) is 8.53. The van der Waals surface area contributed by atoms with Gasteiger partial charge in [0.15, 0.2) is 0 Å². The van der Waals surface area contributed by atoms with E-state index in [1.54, 1.807) is 11.3 Å². The van der Waals surface area contributed by atoms with E-state index in [1.807, 2.05) is 19.1 Å². The molecule has 1 aromatic carbocycles. The lowest BCUT2D eigenvalue weighted by atomic mass is 9.89. The van der Waals surface area contributed by atoms with Gasteiger partial charge in [-0.25, -0.2) is 4.79 Å².